The molecule has 2 aromatic rings. The first kappa shape index (κ1) is 26.8. The van der Waals surface area contributed by atoms with Gasteiger partial charge in [0.05, 0.1) is 25.5 Å². The van der Waals surface area contributed by atoms with Crippen molar-refractivity contribution in [3.63, 3.8) is 0 Å². The zero-order valence-electron chi connectivity index (χ0n) is 20.6. The van der Waals surface area contributed by atoms with Crippen molar-refractivity contribution in [2.24, 2.45) is 0 Å². The van der Waals surface area contributed by atoms with Crippen molar-refractivity contribution in [2.75, 3.05) is 33.5 Å². The highest BCUT2D eigenvalue weighted by atomic mass is 19.2. The van der Waals surface area contributed by atoms with Gasteiger partial charge in [0, 0.05) is 38.3 Å². The second-order valence-corrected chi connectivity index (χ2v) is 9.65. The summed E-state index contributed by atoms with van der Waals surface area (Å²) in [5, 5.41) is 28.8. The van der Waals surface area contributed by atoms with E-state index in [0.29, 0.717) is 19.8 Å². The number of benzene rings is 1. The molecule has 3 saturated heterocycles. The summed E-state index contributed by atoms with van der Waals surface area (Å²) in [7, 11) is 1.41. The highest BCUT2D eigenvalue weighted by molar-refractivity contribution is 5.70. The molecule has 1 amide bonds. The van der Waals surface area contributed by atoms with Crippen LogP contribution in [0.2, 0.25) is 0 Å². The van der Waals surface area contributed by atoms with Crippen LogP contribution in [0.5, 0.6) is 0 Å². The summed E-state index contributed by atoms with van der Waals surface area (Å²) in [5.74, 6) is -4.36. The summed E-state index contributed by atoms with van der Waals surface area (Å²) in [5.41, 5.74) is -0.0187. The van der Waals surface area contributed by atoms with Crippen LogP contribution < -0.4 is 0 Å². The van der Waals surface area contributed by atoms with Crippen LogP contribution in [0.1, 0.15) is 25.3 Å². The lowest BCUT2D eigenvalue weighted by Gasteiger charge is -2.44. The molecule has 0 aliphatic carbocycles. The first-order valence-electron chi connectivity index (χ1n) is 12.4. The van der Waals surface area contributed by atoms with Gasteiger partial charge in [-0.1, -0.05) is 5.21 Å². The van der Waals surface area contributed by atoms with Gasteiger partial charge in [-0.3, -0.25) is 0 Å². The Morgan fingerprint density at radius 2 is 1.87 bits per heavy atom. The molecule has 1 unspecified atom stereocenters. The fraction of sp³-hybridized carbons (Fsp3) is 0.625. The SMILES string of the molecule is CO[C@@H]1[C@@H](n2cc(-c3cc(F)c(F)c(F)c3)nn2)[C@@H](O)[C@@H](CO)O[C@@H]1CC1CN(C2CCOCC2)C(=O)O1. The number of aliphatic hydroxyl groups is 2. The number of aromatic nitrogens is 3. The molecular weight excluding hydrogens is 513 g/mol. The molecule has 0 spiro atoms. The maximum atomic E-state index is 13.8. The number of hydrogen-bond donors (Lipinski definition) is 2. The predicted octanol–water partition coefficient (Wildman–Crippen LogP) is 1.43. The van der Waals surface area contributed by atoms with Gasteiger partial charge in [0.2, 0.25) is 0 Å². The van der Waals surface area contributed by atoms with E-state index < -0.39 is 66.7 Å². The minimum absolute atomic E-state index is 0.0289. The molecule has 0 bridgehead atoms. The Kier molecular flexibility index (Phi) is 7.86. The average molecular weight is 543 g/mol. The summed E-state index contributed by atoms with van der Waals surface area (Å²) in [6.45, 7) is 0.988. The summed E-state index contributed by atoms with van der Waals surface area (Å²) in [4.78, 5) is 14.2. The van der Waals surface area contributed by atoms with Crippen molar-refractivity contribution >= 4 is 6.09 Å². The fourth-order valence-corrected chi connectivity index (χ4v) is 5.43. The second kappa shape index (κ2) is 11.1. The number of halogens is 3. The number of amides is 1. The topological polar surface area (TPSA) is 128 Å². The normalized spacial score (nSPS) is 30.6. The van der Waals surface area contributed by atoms with Crippen molar-refractivity contribution in [1.29, 1.82) is 0 Å². The number of carbonyl (C=O) groups excluding carboxylic acids is 1. The molecular formula is C24H29F3N4O7. The average Bonchev–Trinajstić information content (AvgIpc) is 3.54. The van der Waals surface area contributed by atoms with Crippen molar-refractivity contribution in [1.82, 2.24) is 19.9 Å². The Labute approximate surface area is 216 Å². The summed E-state index contributed by atoms with van der Waals surface area (Å²) in [6.07, 6.45) is -1.77. The number of methoxy groups -OCH3 is 1. The van der Waals surface area contributed by atoms with E-state index in [1.807, 2.05) is 0 Å². The number of rotatable bonds is 7. The van der Waals surface area contributed by atoms with Gasteiger partial charge in [-0.15, -0.1) is 5.10 Å². The van der Waals surface area contributed by atoms with Gasteiger partial charge >= 0.3 is 6.09 Å². The first-order valence-corrected chi connectivity index (χ1v) is 12.4. The largest absolute Gasteiger partial charge is 0.444 e. The van der Waals surface area contributed by atoms with Crippen LogP contribution in [0.3, 0.4) is 0 Å². The summed E-state index contributed by atoms with van der Waals surface area (Å²) in [6, 6.07) is 0.690. The lowest BCUT2D eigenvalue weighted by molar-refractivity contribution is -0.217. The van der Waals surface area contributed by atoms with Crippen LogP contribution in [-0.2, 0) is 18.9 Å². The van der Waals surface area contributed by atoms with E-state index in [9.17, 15) is 28.2 Å². The number of carbonyl (C=O) groups is 1. The fourth-order valence-electron chi connectivity index (χ4n) is 5.43. The maximum absolute atomic E-state index is 13.8. The molecule has 5 rings (SSSR count). The molecule has 4 heterocycles. The molecule has 3 aliphatic heterocycles. The standard InChI is InChI=1S/C24H29F3N4O7/c1-35-23-18(8-14-9-30(24(34)37-14)13-2-4-36-5-3-13)38-19(11-32)22(33)21(23)31-10-17(28-29-31)12-6-15(25)20(27)16(26)7-12/h6-7,10,13-14,18-19,21-23,32-33H,2-5,8-9,11H2,1H3/t14?,18-,19-,21+,22+,23+/m1/s1. The monoisotopic (exact) mass is 542 g/mol. The van der Waals surface area contributed by atoms with Crippen LogP contribution in [0.4, 0.5) is 18.0 Å². The van der Waals surface area contributed by atoms with E-state index in [-0.39, 0.29) is 23.7 Å². The summed E-state index contributed by atoms with van der Waals surface area (Å²) >= 11 is 0. The third-order valence-corrected chi connectivity index (χ3v) is 7.36. The van der Waals surface area contributed by atoms with E-state index in [1.54, 1.807) is 4.90 Å². The Balaban J connectivity index is 1.36. The molecule has 208 valence electrons. The van der Waals surface area contributed by atoms with Gasteiger partial charge < -0.3 is 34.1 Å². The third-order valence-electron chi connectivity index (χ3n) is 7.36. The Morgan fingerprint density at radius 3 is 2.53 bits per heavy atom. The van der Waals surface area contributed by atoms with Crippen LogP contribution >= 0.6 is 0 Å². The van der Waals surface area contributed by atoms with Crippen molar-refractivity contribution in [3.05, 3.63) is 35.8 Å². The van der Waals surface area contributed by atoms with Gasteiger partial charge in [-0.25, -0.2) is 22.6 Å². The Hall–Kier alpha value is -2.78. The molecule has 3 aliphatic rings. The highest BCUT2D eigenvalue weighted by Gasteiger charge is 2.49. The molecule has 6 atom stereocenters. The molecule has 0 radical (unpaired) electrons. The second-order valence-electron chi connectivity index (χ2n) is 9.65. The van der Waals surface area contributed by atoms with Crippen LogP contribution in [-0.4, -0.2) is 106 Å². The Bertz CT molecular complexity index is 1120. The molecule has 38 heavy (non-hydrogen) atoms. The highest BCUT2D eigenvalue weighted by Crippen LogP contribution is 2.36. The third kappa shape index (κ3) is 5.10. The van der Waals surface area contributed by atoms with E-state index in [1.165, 1.54) is 18.0 Å². The zero-order chi connectivity index (χ0) is 27.0. The molecule has 11 nitrogen and oxygen atoms in total. The smallest absolute Gasteiger partial charge is 0.410 e. The first-order chi connectivity index (χ1) is 18.3. The number of hydrogen-bond acceptors (Lipinski definition) is 9. The lowest BCUT2D eigenvalue weighted by atomic mass is 9.89. The van der Waals surface area contributed by atoms with Crippen molar-refractivity contribution < 1.29 is 47.1 Å². The van der Waals surface area contributed by atoms with E-state index in [4.69, 9.17) is 18.9 Å². The molecule has 0 saturated carbocycles. The van der Waals surface area contributed by atoms with E-state index in [2.05, 4.69) is 10.3 Å². The molecule has 1 aromatic carbocycles. The minimum atomic E-state index is -1.60. The summed E-state index contributed by atoms with van der Waals surface area (Å²) < 4.78 is 64.8. The minimum Gasteiger partial charge on any atom is -0.444 e. The van der Waals surface area contributed by atoms with E-state index >= 15 is 0 Å². The lowest BCUT2D eigenvalue weighted by Crippen LogP contribution is -2.57. The van der Waals surface area contributed by atoms with Crippen LogP contribution in [0.15, 0.2) is 18.3 Å². The van der Waals surface area contributed by atoms with Gasteiger partial charge in [0.25, 0.3) is 0 Å². The Morgan fingerprint density at radius 1 is 1.16 bits per heavy atom. The van der Waals surface area contributed by atoms with Gasteiger partial charge in [0.1, 0.15) is 36.2 Å². The van der Waals surface area contributed by atoms with Gasteiger partial charge in [-0.05, 0) is 25.0 Å². The number of ether oxygens (including phenoxy) is 4. The predicted molar refractivity (Wildman–Crippen MR) is 122 cm³/mol. The van der Waals surface area contributed by atoms with Crippen molar-refractivity contribution in [2.45, 2.75) is 61.9 Å². The van der Waals surface area contributed by atoms with Crippen LogP contribution in [0.25, 0.3) is 11.3 Å². The molecule has 2 N–H and O–H groups in total. The van der Waals surface area contributed by atoms with Gasteiger partial charge in [-0.2, -0.15) is 0 Å². The maximum Gasteiger partial charge on any atom is 0.410 e. The van der Waals surface area contributed by atoms with Crippen LogP contribution in [0, 0.1) is 17.5 Å². The number of aliphatic hydroxyl groups excluding tert-OH is 2. The molecule has 1 aromatic heterocycles. The molecule has 3 fully saturated rings. The number of nitrogens with zero attached hydrogens (tertiary/aromatic N) is 4. The zero-order valence-corrected chi connectivity index (χ0v) is 20.6. The molecule has 14 heteroatoms. The van der Waals surface area contributed by atoms with E-state index in [0.717, 1.165) is 25.0 Å². The number of cyclic esters (lactones) is 1. The van der Waals surface area contributed by atoms with Crippen molar-refractivity contribution in [3.8, 4) is 11.3 Å². The van der Waals surface area contributed by atoms with Gasteiger partial charge in [0.15, 0.2) is 17.5 Å². The quantitative estimate of drug-likeness (QED) is 0.500.